The second kappa shape index (κ2) is 10.6. The van der Waals surface area contributed by atoms with Crippen LogP contribution >= 0.6 is 0 Å². The molecule has 0 saturated heterocycles. The topological polar surface area (TPSA) is 87.2 Å². The van der Waals surface area contributed by atoms with Crippen LogP contribution in [-0.4, -0.2) is 45.8 Å². The Morgan fingerprint density at radius 2 is 1.17 bits per heavy atom. The minimum Gasteiger partial charge on any atom is -1.00 e. The summed E-state index contributed by atoms with van der Waals surface area (Å²) in [4.78, 5) is 0. The summed E-state index contributed by atoms with van der Waals surface area (Å²) in [7, 11) is 0. The van der Waals surface area contributed by atoms with Crippen molar-refractivity contribution < 1.29 is 45.2 Å². The van der Waals surface area contributed by atoms with E-state index < -0.39 is 25.8 Å². The summed E-state index contributed by atoms with van der Waals surface area (Å²) in [5.74, 6) is 0. The number of hydrogen-bond acceptors (Lipinski definition) is 6. The van der Waals surface area contributed by atoms with Crippen molar-refractivity contribution in [3.05, 3.63) is 82.5 Å². The van der Waals surface area contributed by atoms with Gasteiger partial charge < -0.3 is 24.8 Å². The predicted octanol–water partition coefficient (Wildman–Crippen LogP) is -1.87. The fourth-order valence-electron chi connectivity index (χ4n) is 5.45. The number of benzene rings is 2. The number of allylic oxidation sites excluding steroid dienone is 2. The van der Waals surface area contributed by atoms with E-state index in [2.05, 4.69) is 107 Å². The molecule has 2 aliphatic carbocycles. The summed E-state index contributed by atoms with van der Waals surface area (Å²) in [6, 6.07) is 13.3. The molecule has 0 amide bonds. The largest absolute Gasteiger partial charge is 1.00 e. The Balaban J connectivity index is 0.00000152. The molecule has 0 saturated carbocycles. The van der Waals surface area contributed by atoms with E-state index in [0.717, 1.165) is 11.4 Å². The molecular weight excluding hydrogens is 591 g/mol. The summed E-state index contributed by atoms with van der Waals surface area (Å²) in [5.41, 5.74) is 10.2. The Kier molecular flexibility index (Phi) is 7.90. The minimum atomic E-state index is -2.13. The number of aromatic nitrogens is 8. The number of fused-ring (bicyclic) bond motifs is 2. The third-order valence-corrected chi connectivity index (χ3v) is 26.8. The fourth-order valence-corrected chi connectivity index (χ4v) is 26.2. The first kappa shape index (κ1) is 26.8. The molecule has 2 aliphatic rings. The van der Waals surface area contributed by atoms with Crippen LogP contribution < -0.4 is 24.8 Å². The van der Waals surface area contributed by atoms with Gasteiger partial charge in [0, 0.05) is 0 Å². The van der Waals surface area contributed by atoms with Crippen LogP contribution in [0.4, 0.5) is 0 Å². The van der Waals surface area contributed by atoms with E-state index >= 15 is 0 Å². The van der Waals surface area contributed by atoms with Gasteiger partial charge in [0.15, 0.2) is 0 Å². The van der Waals surface area contributed by atoms with Crippen LogP contribution in [0.1, 0.15) is 43.4 Å². The summed E-state index contributed by atoms with van der Waals surface area (Å²) < 4.78 is 4.61. The van der Waals surface area contributed by atoms with Crippen LogP contribution in [0.5, 0.6) is 0 Å². The quantitative estimate of drug-likeness (QED) is 0.251. The van der Waals surface area contributed by atoms with Gasteiger partial charge in [-0.25, -0.2) is 0 Å². The van der Waals surface area contributed by atoms with E-state index in [4.69, 9.17) is 0 Å². The Labute approximate surface area is 229 Å². The monoisotopic (exact) mass is 612 g/mol. The van der Waals surface area contributed by atoms with E-state index in [0.29, 0.717) is 7.25 Å². The van der Waals surface area contributed by atoms with Crippen molar-refractivity contribution in [2.24, 2.45) is 0 Å². The normalized spacial score (nSPS) is 17.1. The zero-order chi connectivity index (χ0) is 23.4. The first-order chi connectivity index (χ1) is 16.5. The Morgan fingerprint density at radius 3 is 1.53 bits per heavy atom. The van der Waals surface area contributed by atoms with Crippen molar-refractivity contribution in [2.75, 3.05) is 0 Å². The number of halogens is 2. The fraction of sp³-hybridized carbons (Fsp3) is 0.250. The molecule has 0 unspecified atom stereocenters. The van der Waals surface area contributed by atoms with Crippen molar-refractivity contribution in [3.8, 4) is 11.4 Å². The maximum Gasteiger partial charge on any atom is -1.00 e. The molecule has 8 nitrogen and oxygen atoms in total. The Bertz CT molecular complexity index is 1400. The smallest absolute Gasteiger partial charge is 1.00 e. The van der Waals surface area contributed by atoms with Crippen LogP contribution in [-0.2, 0) is 20.4 Å². The summed E-state index contributed by atoms with van der Waals surface area (Å²) in [5, 5.41) is 23.6. The maximum absolute atomic E-state index is 4.12. The van der Waals surface area contributed by atoms with Gasteiger partial charge in [-0.2, -0.15) is 0 Å². The van der Waals surface area contributed by atoms with Gasteiger partial charge in [0.25, 0.3) is 0 Å². The van der Waals surface area contributed by atoms with Crippen LogP contribution in [0.3, 0.4) is 0 Å². The first-order valence-corrected chi connectivity index (χ1v) is 20.3. The minimum absolute atomic E-state index is 0. The molecule has 0 spiro atoms. The third kappa shape index (κ3) is 4.49. The molecule has 0 bridgehead atoms. The van der Waals surface area contributed by atoms with E-state index in [1.54, 1.807) is 22.0 Å². The molecular formula is C24H24Cl2N8SiZr. The van der Waals surface area contributed by atoms with Gasteiger partial charge >= 0.3 is 206 Å². The molecule has 2 heterocycles. The average molecular weight is 615 g/mol. The van der Waals surface area contributed by atoms with E-state index in [-0.39, 0.29) is 24.8 Å². The van der Waals surface area contributed by atoms with Crippen molar-refractivity contribution >= 4 is 17.6 Å². The van der Waals surface area contributed by atoms with Gasteiger partial charge in [-0.15, -0.1) is 0 Å². The van der Waals surface area contributed by atoms with Gasteiger partial charge in [0.2, 0.25) is 0 Å². The van der Waals surface area contributed by atoms with Gasteiger partial charge in [-0.1, -0.05) is 0 Å². The molecule has 182 valence electrons. The summed E-state index contributed by atoms with van der Waals surface area (Å²) in [6.45, 7) is 9.73. The second-order valence-corrected chi connectivity index (χ2v) is 27.1. The summed E-state index contributed by atoms with van der Waals surface area (Å²) >= 11 is -2.13. The average Bonchev–Trinajstić information content (AvgIpc) is 3.61. The standard InChI is InChI=1S/2C11H9N4.C2H6Si.2ClH.Zr/c2*1-8-4-9-2-3-11(6-10(9)5-8)15-7-12-13-14-15;1-3-2;;;/h2*2-7H,1H3;1-2H3;2*1H;/q;;;;;+2/p-2. The Morgan fingerprint density at radius 1 is 0.722 bits per heavy atom. The van der Waals surface area contributed by atoms with Crippen LogP contribution in [0.25, 0.3) is 23.5 Å². The third-order valence-electron chi connectivity index (χ3n) is 6.87. The summed E-state index contributed by atoms with van der Waals surface area (Å²) in [6.07, 6.45) is 8.14. The van der Waals surface area contributed by atoms with Gasteiger partial charge in [-0.3, -0.25) is 0 Å². The number of rotatable bonds is 4. The van der Waals surface area contributed by atoms with E-state index in [1.165, 1.54) is 33.4 Å². The van der Waals surface area contributed by atoms with Crippen molar-refractivity contribution in [1.29, 1.82) is 0 Å². The SMILES string of the molecule is CC1=Cc2ccc(-n3cnnn3)cc2[C@@H]1[Zr+2]([C@H]1C(C)=Cc2ccc(-n3cnnn3)cc21)=[Si](C)C.[Cl-].[Cl-]. The van der Waals surface area contributed by atoms with Gasteiger partial charge in [-0.05, 0) is 0 Å². The maximum atomic E-state index is 4.12. The van der Waals surface area contributed by atoms with Crippen LogP contribution in [0, 0.1) is 0 Å². The molecule has 2 aromatic carbocycles. The molecule has 0 radical (unpaired) electrons. The number of tetrazole rings is 2. The Hall–Kier alpha value is -2.26. The molecule has 36 heavy (non-hydrogen) atoms. The van der Waals surface area contributed by atoms with E-state index in [9.17, 15) is 0 Å². The molecule has 12 heteroatoms. The molecule has 2 atom stereocenters. The molecule has 6 rings (SSSR count). The van der Waals surface area contributed by atoms with Crippen molar-refractivity contribution in [3.63, 3.8) is 0 Å². The van der Waals surface area contributed by atoms with Crippen LogP contribution in [0.2, 0.25) is 13.1 Å². The predicted molar refractivity (Wildman–Crippen MR) is 129 cm³/mol. The number of nitrogens with zero attached hydrogens (tertiary/aromatic N) is 8. The molecule has 0 fully saturated rings. The van der Waals surface area contributed by atoms with E-state index in [1.807, 2.05) is 0 Å². The van der Waals surface area contributed by atoms with Crippen molar-refractivity contribution in [2.45, 2.75) is 34.2 Å². The van der Waals surface area contributed by atoms with Crippen molar-refractivity contribution in [1.82, 2.24) is 40.4 Å². The van der Waals surface area contributed by atoms with Gasteiger partial charge in [0.1, 0.15) is 0 Å². The molecule has 0 aliphatic heterocycles. The van der Waals surface area contributed by atoms with Crippen LogP contribution in [0.15, 0.2) is 60.2 Å². The molecule has 0 N–H and O–H groups in total. The first-order valence-electron chi connectivity index (χ1n) is 11.3. The number of hydrogen-bond donors (Lipinski definition) is 0. The molecule has 4 aromatic rings. The molecule has 2 aromatic heterocycles. The van der Waals surface area contributed by atoms with Gasteiger partial charge in [0.05, 0.1) is 0 Å². The zero-order valence-corrected chi connectivity index (χ0v) is 25.2. The second-order valence-electron chi connectivity index (χ2n) is 9.23. The zero-order valence-electron chi connectivity index (χ0n) is 20.3.